The minimum Gasteiger partial charge on any atom is -0.0868 e. The second-order valence-corrected chi connectivity index (χ2v) is 5.68. The van der Waals surface area contributed by atoms with Crippen LogP contribution in [-0.4, -0.2) is 6.16 Å². The fraction of sp³-hybridized carbons (Fsp3) is 0.867. The van der Waals surface area contributed by atoms with Gasteiger partial charge in [0, 0.05) is 0 Å². The molecular formula is C15H30P. The van der Waals surface area contributed by atoms with Crippen LogP contribution in [0, 0.1) is 0 Å². The first-order valence-electron chi connectivity index (χ1n) is 7.19. The van der Waals surface area contributed by atoms with Gasteiger partial charge in [0.05, 0.1) is 0 Å². The van der Waals surface area contributed by atoms with Crippen molar-refractivity contribution in [1.29, 1.82) is 0 Å². The molecule has 0 bridgehead atoms. The lowest BCUT2D eigenvalue weighted by Gasteiger charge is -2.01. The van der Waals surface area contributed by atoms with Gasteiger partial charge >= 0.3 is 0 Å². The third kappa shape index (κ3) is 14.2. The fourth-order valence-corrected chi connectivity index (χ4v) is 2.64. The molecule has 0 amide bonds. The standard InChI is InChI=1S/C15H30P/c1-3-5-6-7-8-9-10-11-12-13-15-16-14-4-2/h4,14H,3,5-13,15H2,1-2H3/b14-4-. The van der Waals surface area contributed by atoms with Crippen molar-refractivity contribution >= 4 is 8.58 Å². The predicted molar refractivity (Wildman–Crippen MR) is 78.4 cm³/mol. The predicted octanol–water partition coefficient (Wildman–Crippen LogP) is 6.39. The molecule has 0 N–H and O–H groups in total. The molecule has 0 saturated carbocycles. The summed E-state index contributed by atoms with van der Waals surface area (Å²) < 4.78 is 0. The molecular weight excluding hydrogens is 211 g/mol. The van der Waals surface area contributed by atoms with Crippen molar-refractivity contribution in [3.63, 3.8) is 0 Å². The molecule has 0 spiro atoms. The van der Waals surface area contributed by atoms with Crippen LogP contribution in [0.3, 0.4) is 0 Å². The third-order valence-corrected chi connectivity index (χ3v) is 3.98. The van der Waals surface area contributed by atoms with Gasteiger partial charge in [-0.05, 0) is 19.5 Å². The number of hydrogen-bond acceptors (Lipinski definition) is 0. The summed E-state index contributed by atoms with van der Waals surface area (Å²) in [6, 6.07) is 0. The van der Waals surface area contributed by atoms with E-state index < -0.39 is 0 Å². The van der Waals surface area contributed by atoms with Gasteiger partial charge in [-0.2, -0.15) is 0 Å². The van der Waals surface area contributed by atoms with Crippen molar-refractivity contribution < 1.29 is 0 Å². The van der Waals surface area contributed by atoms with Crippen LogP contribution in [0.4, 0.5) is 0 Å². The van der Waals surface area contributed by atoms with Crippen LogP contribution in [0.25, 0.3) is 0 Å². The van der Waals surface area contributed by atoms with Crippen LogP contribution in [0.15, 0.2) is 11.9 Å². The molecule has 0 unspecified atom stereocenters. The summed E-state index contributed by atoms with van der Waals surface area (Å²) in [5.41, 5.74) is 0. The van der Waals surface area contributed by atoms with Crippen molar-refractivity contribution in [2.75, 3.05) is 6.16 Å². The number of rotatable bonds is 12. The van der Waals surface area contributed by atoms with Gasteiger partial charge in [-0.25, -0.2) is 0 Å². The second kappa shape index (κ2) is 15.2. The Bertz CT molecular complexity index is 140. The third-order valence-electron chi connectivity index (χ3n) is 2.90. The van der Waals surface area contributed by atoms with E-state index in [0.717, 1.165) is 0 Å². The van der Waals surface area contributed by atoms with Crippen molar-refractivity contribution in [1.82, 2.24) is 0 Å². The number of allylic oxidation sites excluding steroid dienone is 1. The van der Waals surface area contributed by atoms with E-state index in [4.69, 9.17) is 0 Å². The molecule has 0 fully saturated rings. The Morgan fingerprint density at radius 1 is 0.750 bits per heavy atom. The lowest BCUT2D eigenvalue weighted by atomic mass is 10.1. The Balaban J connectivity index is 2.88. The van der Waals surface area contributed by atoms with Crippen molar-refractivity contribution in [3.05, 3.63) is 11.9 Å². The molecule has 0 heterocycles. The smallest absolute Gasteiger partial charge is 0.0250 e. The molecule has 16 heavy (non-hydrogen) atoms. The van der Waals surface area contributed by atoms with Gasteiger partial charge < -0.3 is 0 Å². The Hall–Kier alpha value is 0.170. The maximum absolute atomic E-state index is 2.28. The van der Waals surface area contributed by atoms with Crippen LogP contribution < -0.4 is 0 Å². The average molecular weight is 241 g/mol. The molecule has 95 valence electrons. The summed E-state index contributed by atoms with van der Waals surface area (Å²) in [6.45, 7) is 4.39. The van der Waals surface area contributed by atoms with Crippen molar-refractivity contribution in [2.24, 2.45) is 0 Å². The maximum atomic E-state index is 2.28. The molecule has 1 heteroatoms. The SMILES string of the molecule is C/C=C\[P]CCCCCCCCCCCC. The van der Waals surface area contributed by atoms with Gasteiger partial charge in [-0.3, -0.25) is 0 Å². The van der Waals surface area contributed by atoms with Gasteiger partial charge in [-0.1, -0.05) is 85.2 Å². The molecule has 0 aliphatic carbocycles. The van der Waals surface area contributed by atoms with Crippen LogP contribution in [0.2, 0.25) is 0 Å². The molecule has 0 aromatic carbocycles. The van der Waals surface area contributed by atoms with E-state index in [2.05, 4.69) is 25.7 Å². The van der Waals surface area contributed by atoms with Crippen LogP contribution >= 0.6 is 8.58 Å². The molecule has 0 atom stereocenters. The summed E-state index contributed by atoms with van der Waals surface area (Å²) >= 11 is 0. The first-order chi connectivity index (χ1) is 7.91. The van der Waals surface area contributed by atoms with Gasteiger partial charge in [-0.15, -0.1) is 0 Å². The zero-order valence-electron chi connectivity index (χ0n) is 11.4. The Morgan fingerprint density at radius 2 is 1.25 bits per heavy atom. The normalized spacial score (nSPS) is 12.1. The average Bonchev–Trinajstić information content (AvgIpc) is 2.31. The van der Waals surface area contributed by atoms with Crippen molar-refractivity contribution in [3.8, 4) is 0 Å². The Morgan fingerprint density at radius 3 is 1.75 bits per heavy atom. The highest BCUT2D eigenvalue weighted by Gasteiger charge is 1.92. The van der Waals surface area contributed by atoms with E-state index in [1.54, 1.807) is 0 Å². The van der Waals surface area contributed by atoms with E-state index in [-0.39, 0.29) is 0 Å². The fourth-order valence-electron chi connectivity index (χ4n) is 1.87. The lowest BCUT2D eigenvalue weighted by molar-refractivity contribution is 0.563. The van der Waals surface area contributed by atoms with E-state index in [1.807, 2.05) is 0 Å². The van der Waals surface area contributed by atoms with Gasteiger partial charge in [0.25, 0.3) is 0 Å². The lowest BCUT2D eigenvalue weighted by Crippen LogP contribution is -1.82. The van der Waals surface area contributed by atoms with E-state index >= 15 is 0 Å². The van der Waals surface area contributed by atoms with E-state index in [9.17, 15) is 0 Å². The second-order valence-electron chi connectivity index (χ2n) is 4.57. The summed E-state index contributed by atoms with van der Waals surface area (Å²) in [6.07, 6.45) is 18.0. The molecule has 0 aromatic heterocycles. The van der Waals surface area contributed by atoms with Crippen molar-refractivity contribution in [2.45, 2.75) is 78.1 Å². The molecule has 0 aromatic rings. The molecule has 0 nitrogen and oxygen atoms in total. The van der Waals surface area contributed by atoms with E-state index in [1.165, 1.54) is 79.0 Å². The van der Waals surface area contributed by atoms with Gasteiger partial charge in [0.15, 0.2) is 0 Å². The van der Waals surface area contributed by atoms with Crippen LogP contribution in [0.1, 0.15) is 78.1 Å². The minimum absolute atomic E-state index is 1.36. The highest BCUT2D eigenvalue weighted by atomic mass is 31.1. The summed E-state index contributed by atoms with van der Waals surface area (Å²) in [4.78, 5) is 0. The zero-order valence-corrected chi connectivity index (χ0v) is 12.3. The molecule has 0 aliphatic heterocycles. The number of unbranched alkanes of at least 4 members (excludes halogenated alkanes) is 9. The quantitative estimate of drug-likeness (QED) is 0.274. The van der Waals surface area contributed by atoms with Crippen LogP contribution in [-0.2, 0) is 0 Å². The maximum Gasteiger partial charge on any atom is -0.0250 e. The first kappa shape index (κ1) is 16.2. The number of hydrogen-bond donors (Lipinski definition) is 0. The summed E-state index contributed by atoms with van der Waals surface area (Å²) in [5, 5.41) is 0. The Labute approximate surface area is 105 Å². The molecule has 0 aliphatic rings. The molecule has 1 radical (unpaired) electrons. The zero-order chi connectivity index (χ0) is 11.9. The summed E-state index contributed by atoms with van der Waals surface area (Å²) in [7, 11) is 1.51. The molecule has 0 saturated heterocycles. The summed E-state index contributed by atoms with van der Waals surface area (Å²) in [5.74, 6) is 2.26. The Kier molecular flexibility index (Phi) is 15.3. The highest BCUT2D eigenvalue weighted by molar-refractivity contribution is 7.41. The monoisotopic (exact) mass is 241 g/mol. The van der Waals surface area contributed by atoms with Gasteiger partial charge in [0.2, 0.25) is 0 Å². The molecule has 0 rings (SSSR count). The topological polar surface area (TPSA) is 0 Å². The van der Waals surface area contributed by atoms with Crippen LogP contribution in [0.5, 0.6) is 0 Å². The highest BCUT2D eigenvalue weighted by Crippen LogP contribution is 2.16. The van der Waals surface area contributed by atoms with Gasteiger partial charge in [0.1, 0.15) is 0 Å². The first-order valence-corrected chi connectivity index (χ1v) is 8.34. The minimum atomic E-state index is 1.36. The largest absolute Gasteiger partial charge is 0.0868 e. The van der Waals surface area contributed by atoms with E-state index in [0.29, 0.717) is 0 Å².